The van der Waals surface area contributed by atoms with Gasteiger partial charge >= 0.3 is 6.09 Å². The number of hydrogen-bond acceptors (Lipinski definition) is 6. The van der Waals surface area contributed by atoms with Crippen LogP contribution in [0.1, 0.15) is 29.7 Å². The zero-order valence-electron chi connectivity index (χ0n) is 16.0. The fourth-order valence-electron chi connectivity index (χ4n) is 3.52. The quantitative estimate of drug-likeness (QED) is 0.575. The van der Waals surface area contributed by atoms with Gasteiger partial charge in [-0.2, -0.15) is 0 Å². The summed E-state index contributed by atoms with van der Waals surface area (Å²) in [4.78, 5) is 25.0. The third kappa shape index (κ3) is 3.58. The number of nitro benzene ring substituents is 1. The molecule has 148 valence electrons. The molecule has 0 aromatic heterocycles. The number of benzene rings is 2. The summed E-state index contributed by atoms with van der Waals surface area (Å²) in [5.41, 5.74) is 2.43. The minimum absolute atomic E-state index is 0.0334. The van der Waals surface area contributed by atoms with E-state index in [2.05, 4.69) is 0 Å². The van der Waals surface area contributed by atoms with E-state index in [4.69, 9.17) is 14.2 Å². The summed E-state index contributed by atoms with van der Waals surface area (Å²) in [6.07, 6.45) is 0.152. The zero-order valence-corrected chi connectivity index (χ0v) is 16.0. The number of nitro groups is 1. The number of carbonyl (C=O) groups excluding carboxylic acids is 1. The average molecular weight is 386 g/mol. The molecule has 3 rings (SSSR count). The molecule has 2 aromatic carbocycles. The number of methoxy groups -OCH3 is 2. The van der Waals surface area contributed by atoms with Crippen molar-refractivity contribution in [3.8, 4) is 11.5 Å². The van der Waals surface area contributed by atoms with Crippen molar-refractivity contribution in [2.45, 2.75) is 19.4 Å². The standard InChI is InChI=1S/C20H22N2O6/c1-4-28-20(23)21-9-8-13-11-17(26-2)18(27-3)12-16(13)19(21)14-6-5-7-15(10-14)22(24)25/h5-7,10-12,19H,4,8-9H2,1-3H3. The number of non-ortho nitro benzene ring substituents is 1. The van der Waals surface area contributed by atoms with Gasteiger partial charge in [-0.15, -0.1) is 0 Å². The van der Waals surface area contributed by atoms with E-state index in [0.717, 1.165) is 11.1 Å². The lowest BCUT2D eigenvalue weighted by molar-refractivity contribution is -0.384. The third-order valence-corrected chi connectivity index (χ3v) is 4.77. The first-order valence-corrected chi connectivity index (χ1v) is 8.92. The second-order valence-electron chi connectivity index (χ2n) is 6.30. The highest BCUT2D eigenvalue weighted by molar-refractivity contribution is 5.70. The third-order valence-electron chi connectivity index (χ3n) is 4.77. The predicted molar refractivity (Wildman–Crippen MR) is 102 cm³/mol. The summed E-state index contributed by atoms with van der Waals surface area (Å²) in [6, 6.07) is 9.49. The molecule has 1 amide bonds. The van der Waals surface area contributed by atoms with Crippen LogP contribution in [0.5, 0.6) is 11.5 Å². The summed E-state index contributed by atoms with van der Waals surface area (Å²) in [5, 5.41) is 11.2. The van der Waals surface area contributed by atoms with Gasteiger partial charge in [0.15, 0.2) is 11.5 Å². The van der Waals surface area contributed by atoms with E-state index in [9.17, 15) is 14.9 Å². The zero-order chi connectivity index (χ0) is 20.3. The second-order valence-corrected chi connectivity index (χ2v) is 6.30. The van der Waals surface area contributed by atoms with Crippen molar-refractivity contribution in [3.05, 3.63) is 63.2 Å². The van der Waals surface area contributed by atoms with Crippen molar-refractivity contribution in [3.63, 3.8) is 0 Å². The topological polar surface area (TPSA) is 91.1 Å². The van der Waals surface area contributed by atoms with Gasteiger partial charge < -0.3 is 14.2 Å². The summed E-state index contributed by atoms with van der Waals surface area (Å²) in [7, 11) is 3.11. The Morgan fingerprint density at radius 3 is 2.57 bits per heavy atom. The van der Waals surface area contributed by atoms with Crippen LogP contribution in [0.25, 0.3) is 0 Å². The largest absolute Gasteiger partial charge is 0.493 e. The first-order chi connectivity index (χ1) is 13.5. The Kier molecular flexibility index (Phi) is 5.67. The highest BCUT2D eigenvalue weighted by Gasteiger charge is 2.34. The highest BCUT2D eigenvalue weighted by atomic mass is 16.6. The van der Waals surface area contributed by atoms with Crippen molar-refractivity contribution in [2.24, 2.45) is 0 Å². The molecule has 0 spiro atoms. The monoisotopic (exact) mass is 386 g/mol. The van der Waals surface area contributed by atoms with Gasteiger partial charge in [0.2, 0.25) is 0 Å². The van der Waals surface area contributed by atoms with Crippen LogP contribution in [0.4, 0.5) is 10.5 Å². The van der Waals surface area contributed by atoms with E-state index >= 15 is 0 Å². The Morgan fingerprint density at radius 2 is 1.93 bits per heavy atom. The molecule has 1 aliphatic rings. The minimum atomic E-state index is -0.525. The molecule has 0 saturated carbocycles. The number of fused-ring (bicyclic) bond motifs is 1. The van der Waals surface area contributed by atoms with Crippen LogP contribution in [0, 0.1) is 10.1 Å². The smallest absolute Gasteiger partial charge is 0.410 e. The molecule has 0 saturated heterocycles. The van der Waals surface area contributed by atoms with Gasteiger partial charge in [0.25, 0.3) is 5.69 Å². The Bertz CT molecular complexity index is 898. The van der Waals surface area contributed by atoms with E-state index in [1.165, 1.54) is 12.1 Å². The second kappa shape index (κ2) is 8.16. The lowest BCUT2D eigenvalue weighted by Crippen LogP contribution is -2.41. The van der Waals surface area contributed by atoms with E-state index in [0.29, 0.717) is 30.0 Å². The van der Waals surface area contributed by atoms with Gasteiger partial charge in [-0.25, -0.2) is 4.79 Å². The van der Waals surface area contributed by atoms with Gasteiger partial charge in [-0.1, -0.05) is 12.1 Å². The maximum atomic E-state index is 12.6. The highest BCUT2D eigenvalue weighted by Crippen LogP contribution is 2.41. The molecule has 0 fully saturated rings. The normalized spacial score (nSPS) is 15.5. The first-order valence-electron chi connectivity index (χ1n) is 8.92. The molecule has 1 atom stereocenters. The fourth-order valence-corrected chi connectivity index (χ4v) is 3.52. The van der Waals surface area contributed by atoms with E-state index < -0.39 is 17.1 Å². The van der Waals surface area contributed by atoms with Crippen LogP contribution < -0.4 is 9.47 Å². The van der Waals surface area contributed by atoms with Crippen molar-refractivity contribution in [1.82, 2.24) is 4.90 Å². The first kappa shape index (κ1) is 19.5. The van der Waals surface area contributed by atoms with Crippen LogP contribution in [-0.2, 0) is 11.2 Å². The van der Waals surface area contributed by atoms with Crippen molar-refractivity contribution in [1.29, 1.82) is 0 Å². The van der Waals surface area contributed by atoms with Crippen LogP contribution in [-0.4, -0.2) is 43.3 Å². The molecule has 0 bridgehead atoms. The Morgan fingerprint density at radius 1 is 1.21 bits per heavy atom. The average Bonchev–Trinajstić information content (AvgIpc) is 2.71. The minimum Gasteiger partial charge on any atom is -0.493 e. The molecular formula is C20H22N2O6. The Labute approximate surface area is 162 Å². The maximum Gasteiger partial charge on any atom is 0.410 e. The maximum absolute atomic E-state index is 12.6. The molecule has 1 unspecified atom stereocenters. The molecule has 8 heteroatoms. The van der Waals surface area contributed by atoms with Crippen LogP contribution in [0.15, 0.2) is 36.4 Å². The van der Waals surface area contributed by atoms with Gasteiger partial charge in [-0.3, -0.25) is 15.0 Å². The molecule has 0 radical (unpaired) electrons. The van der Waals surface area contributed by atoms with Crippen molar-refractivity contribution < 1.29 is 23.9 Å². The lowest BCUT2D eigenvalue weighted by atomic mass is 9.87. The molecule has 0 aliphatic carbocycles. The molecule has 0 N–H and O–H groups in total. The Hall–Kier alpha value is -3.29. The summed E-state index contributed by atoms with van der Waals surface area (Å²) in [5.74, 6) is 1.13. The van der Waals surface area contributed by atoms with E-state index in [1.54, 1.807) is 38.2 Å². The number of nitrogens with zero attached hydrogens (tertiary/aromatic N) is 2. The van der Waals surface area contributed by atoms with E-state index in [-0.39, 0.29) is 12.3 Å². The SMILES string of the molecule is CCOC(=O)N1CCc2cc(OC)c(OC)cc2C1c1cccc([N+](=O)[O-])c1. The van der Waals surface area contributed by atoms with Gasteiger partial charge in [-0.05, 0) is 42.2 Å². The number of amides is 1. The van der Waals surface area contributed by atoms with Crippen LogP contribution in [0.3, 0.4) is 0 Å². The number of rotatable bonds is 5. The molecule has 28 heavy (non-hydrogen) atoms. The predicted octanol–water partition coefficient (Wildman–Crippen LogP) is 3.72. The Balaban J connectivity index is 2.17. The van der Waals surface area contributed by atoms with Crippen molar-refractivity contribution in [2.75, 3.05) is 27.4 Å². The van der Waals surface area contributed by atoms with Crippen molar-refractivity contribution >= 4 is 11.8 Å². The summed E-state index contributed by atoms with van der Waals surface area (Å²) in [6.45, 7) is 2.41. The molecule has 8 nitrogen and oxygen atoms in total. The number of hydrogen-bond donors (Lipinski definition) is 0. The fraction of sp³-hybridized carbons (Fsp3) is 0.350. The molecule has 1 aliphatic heterocycles. The lowest BCUT2D eigenvalue weighted by Gasteiger charge is -2.37. The summed E-state index contributed by atoms with van der Waals surface area (Å²) >= 11 is 0. The van der Waals surface area contributed by atoms with Crippen LogP contribution in [0.2, 0.25) is 0 Å². The van der Waals surface area contributed by atoms with Gasteiger partial charge in [0.05, 0.1) is 31.8 Å². The summed E-state index contributed by atoms with van der Waals surface area (Å²) < 4.78 is 16.0. The van der Waals surface area contributed by atoms with Gasteiger partial charge in [0.1, 0.15) is 0 Å². The van der Waals surface area contributed by atoms with E-state index in [1.807, 2.05) is 12.1 Å². The van der Waals surface area contributed by atoms with Crippen LogP contribution >= 0.6 is 0 Å². The molecular weight excluding hydrogens is 364 g/mol. The molecule has 2 aromatic rings. The number of ether oxygens (including phenoxy) is 3. The number of carbonyl (C=O) groups is 1. The molecule has 1 heterocycles. The van der Waals surface area contributed by atoms with Gasteiger partial charge in [0, 0.05) is 18.7 Å².